The van der Waals surface area contributed by atoms with Crippen LogP contribution in [0.4, 0.5) is 4.79 Å². The quantitative estimate of drug-likeness (QED) is 0.792. The molecule has 0 radical (unpaired) electrons. The van der Waals surface area contributed by atoms with Crippen molar-refractivity contribution in [3.05, 3.63) is 0 Å². The van der Waals surface area contributed by atoms with Gasteiger partial charge in [0.15, 0.2) is 0 Å². The second kappa shape index (κ2) is 5.71. The molecule has 6 heteroatoms. The zero-order valence-electron chi connectivity index (χ0n) is 11.1. The number of hydrogen-bond donors (Lipinski definition) is 2. The zero-order chi connectivity index (χ0) is 13.2. The summed E-state index contributed by atoms with van der Waals surface area (Å²) in [6, 6.07) is 0.472. The van der Waals surface area contributed by atoms with Crippen LogP contribution in [0, 0.1) is 0 Å². The summed E-state index contributed by atoms with van der Waals surface area (Å²) in [4.78, 5) is 25.9. The van der Waals surface area contributed by atoms with E-state index in [2.05, 4.69) is 10.6 Å². The Morgan fingerprint density at radius 3 is 2.84 bits per heavy atom. The Morgan fingerprint density at radius 1 is 1.26 bits per heavy atom. The fourth-order valence-electron chi connectivity index (χ4n) is 3.41. The van der Waals surface area contributed by atoms with Crippen LogP contribution >= 0.6 is 11.8 Å². The SMILES string of the molecule is O=C1NC(C(=O)N2CCCCC2C2CCCN2)CS1. The van der Waals surface area contributed by atoms with Crippen LogP contribution < -0.4 is 10.6 Å². The van der Waals surface area contributed by atoms with Crippen LogP contribution in [0.15, 0.2) is 0 Å². The van der Waals surface area contributed by atoms with Gasteiger partial charge in [-0.2, -0.15) is 0 Å². The average molecular weight is 283 g/mol. The third-order valence-electron chi connectivity index (χ3n) is 4.37. The maximum atomic E-state index is 12.6. The number of thioether (sulfide) groups is 1. The van der Waals surface area contributed by atoms with Crippen molar-refractivity contribution in [2.75, 3.05) is 18.8 Å². The number of amides is 2. The van der Waals surface area contributed by atoms with Gasteiger partial charge in [0.25, 0.3) is 5.24 Å². The van der Waals surface area contributed by atoms with E-state index < -0.39 is 0 Å². The van der Waals surface area contributed by atoms with E-state index in [-0.39, 0.29) is 17.2 Å². The van der Waals surface area contributed by atoms with Crippen LogP contribution in [0.3, 0.4) is 0 Å². The highest BCUT2D eigenvalue weighted by molar-refractivity contribution is 8.14. The molecule has 3 rings (SSSR count). The van der Waals surface area contributed by atoms with Gasteiger partial charge in [-0.1, -0.05) is 11.8 Å². The third-order valence-corrected chi connectivity index (χ3v) is 5.25. The van der Waals surface area contributed by atoms with E-state index in [9.17, 15) is 9.59 Å². The van der Waals surface area contributed by atoms with Gasteiger partial charge in [-0.05, 0) is 38.6 Å². The second-order valence-corrected chi connectivity index (χ2v) is 6.59. The van der Waals surface area contributed by atoms with Crippen LogP contribution in [0.1, 0.15) is 32.1 Å². The number of piperidine rings is 1. The van der Waals surface area contributed by atoms with Gasteiger partial charge >= 0.3 is 0 Å². The van der Waals surface area contributed by atoms with Crippen molar-refractivity contribution in [1.82, 2.24) is 15.5 Å². The molecule has 3 atom stereocenters. The normalized spacial score (nSPS) is 35.5. The molecule has 3 aliphatic rings. The summed E-state index contributed by atoms with van der Waals surface area (Å²) < 4.78 is 0. The highest BCUT2D eigenvalue weighted by atomic mass is 32.2. The van der Waals surface area contributed by atoms with Gasteiger partial charge in [-0.15, -0.1) is 0 Å². The predicted octanol–water partition coefficient (Wildman–Crippen LogP) is 0.944. The molecule has 3 fully saturated rings. The lowest BCUT2D eigenvalue weighted by atomic mass is 9.94. The molecule has 3 heterocycles. The summed E-state index contributed by atoms with van der Waals surface area (Å²) in [5.41, 5.74) is 0. The molecule has 0 aromatic rings. The number of rotatable bonds is 2. The topological polar surface area (TPSA) is 61.4 Å². The molecule has 0 aliphatic carbocycles. The first kappa shape index (κ1) is 13.2. The van der Waals surface area contributed by atoms with Crippen LogP contribution in [0.5, 0.6) is 0 Å². The fraction of sp³-hybridized carbons (Fsp3) is 0.846. The standard InChI is InChI=1S/C13H21N3O2S/c17-12(10-8-19-13(18)15-10)16-7-2-1-5-11(16)9-4-3-6-14-9/h9-11,14H,1-8H2,(H,15,18). The van der Waals surface area contributed by atoms with Crippen LogP contribution in [0.25, 0.3) is 0 Å². The molecule has 0 saturated carbocycles. The molecule has 5 nitrogen and oxygen atoms in total. The van der Waals surface area contributed by atoms with Crippen molar-refractivity contribution in [1.29, 1.82) is 0 Å². The van der Waals surface area contributed by atoms with E-state index in [1.54, 1.807) is 0 Å². The summed E-state index contributed by atoms with van der Waals surface area (Å²) in [7, 11) is 0. The molecular formula is C13H21N3O2S. The summed E-state index contributed by atoms with van der Waals surface area (Å²) in [6.45, 7) is 1.91. The zero-order valence-corrected chi connectivity index (χ0v) is 11.9. The number of nitrogens with zero attached hydrogens (tertiary/aromatic N) is 1. The van der Waals surface area contributed by atoms with E-state index in [1.807, 2.05) is 4.90 Å². The minimum Gasteiger partial charge on any atom is -0.336 e. The lowest BCUT2D eigenvalue weighted by Crippen LogP contribution is -2.57. The molecule has 0 aromatic heterocycles. The Bertz CT molecular complexity index is 371. The smallest absolute Gasteiger partial charge is 0.279 e. The Hall–Kier alpha value is -0.750. The maximum absolute atomic E-state index is 12.6. The van der Waals surface area contributed by atoms with Gasteiger partial charge in [-0.3, -0.25) is 9.59 Å². The predicted molar refractivity (Wildman–Crippen MR) is 75.2 cm³/mol. The summed E-state index contributed by atoms with van der Waals surface area (Å²) in [6.07, 6.45) is 5.76. The Kier molecular flexibility index (Phi) is 3.98. The molecule has 0 aromatic carbocycles. The van der Waals surface area contributed by atoms with E-state index in [1.165, 1.54) is 31.0 Å². The van der Waals surface area contributed by atoms with Crippen LogP contribution in [-0.4, -0.2) is 53.0 Å². The Labute approximate surface area is 117 Å². The number of likely N-dealkylation sites (tertiary alicyclic amines) is 1. The largest absolute Gasteiger partial charge is 0.336 e. The van der Waals surface area contributed by atoms with Gasteiger partial charge in [0.05, 0.1) is 0 Å². The van der Waals surface area contributed by atoms with Gasteiger partial charge in [0.2, 0.25) is 5.91 Å². The molecule has 19 heavy (non-hydrogen) atoms. The molecule has 3 aliphatic heterocycles. The molecule has 2 amide bonds. The molecule has 2 N–H and O–H groups in total. The maximum Gasteiger partial charge on any atom is 0.279 e. The van der Waals surface area contributed by atoms with Gasteiger partial charge in [0, 0.05) is 24.4 Å². The number of carbonyl (C=O) groups is 2. The van der Waals surface area contributed by atoms with E-state index >= 15 is 0 Å². The Morgan fingerprint density at radius 2 is 2.16 bits per heavy atom. The first-order valence-electron chi connectivity index (χ1n) is 7.23. The molecule has 3 saturated heterocycles. The summed E-state index contributed by atoms with van der Waals surface area (Å²) in [5, 5.41) is 6.23. The number of nitrogens with one attached hydrogen (secondary N) is 2. The lowest BCUT2D eigenvalue weighted by Gasteiger charge is -2.40. The Balaban J connectivity index is 1.68. The summed E-state index contributed by atoms with van der Waals surface area (Å²) >= 11 is 1.22. The van der Waals surface area contributed by atoms with Crippen molar-refractivity contribution in [2.24, 2.45) is 0 Å². The van der Waals surface area contributed by atoms with Crippen molar-refractivity contribution < 1.29 is 9.59 Å². The number of hydrogen-bond acceptors (Lipinski definition) is 4. The van der Waals surface area contributed by atoms with Gasteiger partial charge in [0.1, 0.15) is 6.04 Å². The van der Waals surface area contributed by atoms with E-state index in [0.717, 1.165) is 25.9 Å². The molecular weight excluding hydrogens is 262 g/mol. The van der Waals surface area contributed by atoms with Crippen molar-refractivity contribution >= 4 is 22.9 Å². The van der Waals surface area contributed by atoms with Crippen molar-refractivity contribution in [2.45, 2.75) is 50.2 Å². The summed E-state index contributed by atoms with van der Waals surface area (Å²) in [5.74, 6) is 0.704. The van der Waals surface area contributed by atoms with Crippen molar-refractivity contribution in [3.8, 4) is 0 Å². The second-order valence-electron chi connectivity index (χ2n) is 5.59. The van der Waals surface area contributed by atoms with E-state index in [4.69, 9.17) is 0 Å². The molecule has 0 bridgehead atoms. The fourth-order valence-corrected chi connectivity index (χ4v) is 4.18. The van der Waals surface area contributed by atoms with Gasteiger partial charge in [-0.25, -0.2) is 0 Å². The number of carbonyl (C=O) groups excluding carboxylic acids is 2. The van der Waals surface area contributed by atoms with E-state index in [0.29, 0.717) is 17.8 Å². The van der Waals surface area contributed by atoms with Crippen LogP contribution in [0.2, 0.25) is 0 Å². The molecule has 3 unspecified atom stereocenters. The first-order chi connectivity index (χ1) is 9.25. The third kappa shape index (κ3) is 2.74. The minimum atomic E-state index is -0.306. The first-order valence-corrected chi connectivity index (χ1v) is 8.21. The molecule has 106 valence electrons. The molecule has 0 spiro atoms. The monoisotopic (exact) mass is 283 g/mol. The highest BCUT2D eigenvalue weighted by Crippen LogP contribution is 2.26. The van der Waals surface area contributed by atoms with Gasteiger partial charge < -0.3 is 15.5 Å². The highest BCUT2D eigenvalue weighted by Gasteiger charge is 2.38. The minimum absolute atomic E-state index is 0.0640. The van der Waals surface area contributed by atoms with Crippen LogP contribution in [-0.2, 0) is 4.79 Å². The lowest BCUT2D eigenvalue weighted by molar-refractivity contribution is -0.136. The van der Waals surface area contributed by atoms with Crippen molar-refractivity contribution in [3.63, 3.8) is 0 Å². The average Bonchev–Trinajstić information content (AvgIpc) is 3.09.